The lowest BCUT2D eigenvalue weighted by molar-refractivity contribution is -0.123. The lowest BCUT2D eigenvalue weighted by Gasteiger charge is -2.36. The van der Waals surface area contributed by atoms with Crippen molar-refractivity contribution >= 4 is 5.78 Å². The Morgan fingerprint density at radius 2 is 1.94 bits per heavy atom. The van der Waals surface area contributed by atoms with Gasteiger partial charge in [-0.05, 0) is 42.9 Å². The van der Waals surface area contributed by atoms with E-state index in [1.807, 2.05) is 0 Å². The molecule has 4 unspecified atom stereocenters. The van der Waals surface area contributed by atoms with Crippen LogP contribution >= 0.6 is 0 Å². The highest BCUT2D eigenvalue weighted by Crippen LogP contribution is 2.45. The van der Waals surface area contributed by atoms with Crippen LogP contribution in [0.2, 0.25) is 0 Å². The summed E-state index contributed by atoms with van der Waals surface area (Å²) in [6.07, 6.45) is 16.0. The summed E-state index contributed by atoms with van der Waals surface area (Å²) in [7, 11) is 0. The van der Waals surface area contributed by atoms with E-state index in [0.717, 1.165) is 37.0 Å². The van der Waals surface area contributed by atoms with Gasteiger partial charge in [-0.15, -0.1) is 0 Å². The van der Waals surface area contributed by atoms with Crippen molar-refractivity contribution in [3.8, 4) is 0 Å². The van der Waals surface area contributed by atoms with Crippen molar-refractivity contribution in [3.63, 3.8) is 0 Å². The van der Waals surface area contributed by atoms with Crippen LogP contribution in [-0.4, -0.2) is 5.78 Å². The van der Waals surface area contributed by atoms with Gasteiger partial charge < -0.3 is 0 Å². The van der Waals surface area contributed by atoms with E-state index in [4.69, 9.17) is 0 Å². The van der Waals surface area contributed by atoms with Crippen molar-refractivity contribution in [1.29, 1.82) is 0 Å². The fourth-order valence-electron chi connectivity index (χ4n) is 3.97. The standard InChI is InChI=1S/C15H20O/c16-13-8-9-15-12(10-13)6-3-5-11-4-1-2-7-14(11)15/h1-2,4,7,11-12,14-15H,3,5-6,8-10H2. The van der Waals surface area contributed by atoms with Gasteiger partial charge in [0.1, 0.15) is 5.78 Å². The smallest absolute Gasteiger partial charge is 0.133 e. The summed E-state index contributed by atoms with van der Waals surface area (Å²) in [6.45, 7) is 0. The maximum absolute atomic E-state index is 11.6. The first kappa shape index (κ1) is 10.3. The zero-order chi connectivity index (χ0) is 11.0. The highest BCUT2D eigenvalue weighted by Gasteiger charge is 2.38. The Morgan fingerprint density at radius 3 is 2.88 bits per heavy atom. The SMILES string of the molecule is O=C1CCC2C(CCCC3C=CC=CC32)C1. The fourth-order valence-corrected chi connectivity index (χ4v) is 3.97. The monoisotopic (exact) mass is 216 g/mol. The van der Waals surface area contributed by atoms with Crippen LogP contribution in [-0.2, 0) is 4.79 Å². The van der Waals surface area contributed by atoms with Crippen LogP contribution < -0.4 is 0 Å². The van der Waals surface area contributed by atoms with E-state index in [9.17, 15) is 4.79 Å². The van der Waals surface area contributed by atoms with Gasteiger partial charge in [-0.2, -0.15) is 0 Å². The predicted molar refractivity (Wildman–Crippen MR) is 64.9 cm³/mol. The Balaban J connectivity index is 1.84. The number of hydrogen-bond donors (Lipinski definition) is 0. The fraction of sp³-hybridized carbons (Fsp3) is 0.667. The van der Waals surface area contributed by atoms with Gasteiger partial charge in [0.05, 0.1) is 0 Å². The summed E-state index contributed by atoms with van der Waals surface area (Å²) in [4.78, 5) is 11.6. The zero-order valence-corrected chi connectivity index (χ0v) is 9.77. The van der Waals surface area contributed by atoms with E-state index >= 15 is 0 Å². The molecule has 0 N–H and O–H groups in total. The number of Topliss-reactive ketones (excluding diaryl/α,β-unsaturated/α-hetero) is 1. The second kappa shape index (κ2) is 4.20. The van der Waals surface area contributed by atoms with Crippen molar-refractivity contribution in [3.05, 3.63) is 24.3 Å². The molecule has 3 rings (SSSR count). The average Bonchev–Trinajstić information content (AvgIpc) is 2.47. The first-order chi connectivity index (χ1) is 7.84. The highest BCUT2D eigenvalue weighted by molar-refractivity contribution is 5.79. The van der Waals surface area contributed by atoms with Gasteiger partial charge in [0.15, 0.2) is 0 Å². The number of allylic oxidation sites excluding steroid dienone is 4. The molecule has 1 heteroatoms. The molecule has 16 heavy (non-hydrogen) atoms. The molecule has 0 bridgehead atoms. The molecule has 0 heterocycles. The number of carbonyl (C=O) groups is 1. The molecule has 0 aromatic heterocycles. The topological polar surface area (TPSA) is 17.1 Å². The van der Waals surface area contributed by atoms with Gasteiger partial charge in [-0.25, -0.2) is 0 Å². The molecule has 3 aliphatic rings. The molecule has 1 nitrogen and oxygen atoms in total. The van der Waals surface area contributed by atoms with E-state index < -0.39 is 0 Å². The summed E-state index contributed by atoms with van der Waals surface area (Å²) in [5.41, 5.74) is 0. The minimum Gasteiger partial charge on any atom is -0.300 e. The minimum absolute atomic E-state index is 0.509. The minimum atomic E-state index is 0.509. The van der Waals surface area contributed by atoms with E-state index in [1.54, 1.807) is 0 Å². The molecule has 0 aromatic carbocycles. The molecule has 2 fully saturated rings. The van der Waals surface area contributed by atoms with Crippen LogP contribution in [0.4, 0.5) is 0 Å². The van der Waals surface area contributed by atoms with Crippen molar-refractivity contribution < 1.29 is 4.79 Å². The Hall–Kier alpha value is -0.850. The van der Waals surface area contributed by atoms with Gasteiger partial charge in [0, 0.05) is 12.8 Å². The summed E-state index contributed by atoms with van der Waals surface area (Å²) in [5.74, 6) is 3.47. The summed E-state index contributed by atoms with van der Waals surface area (Å²) in [5, 5.41) is 0. The van der Waals surface area contributed by atoms with Gasteiger partial charge in [-0.1, -0.05) is 30.7 Å². The largest absolute Gasteiger partial charge is 0.300 e. The van der Waals surface area contributed by atoms with Gasteiger partial charge in [0.2, 0.25) is 0 Å². The van der Waals surface area contributed by atoms with Crippen molar-refractivity contribution in [2.75, 3.05) is 0 Å². The van der Waals surface area contributed by atoms with E-state index in [0.29, 0.717) is 11.7 Å². The van der Waals surface area contributed by atoms with Gasteiger partial charge in [-0.3, -0.25) is 4.79 Å². The summed E-state index contributed by atoms with van der Waals surface area (Å²) >= 11 is 0. The summed E-state index contributed by atoms with van der Waals surface area (Å²) in [6, 6.07) is 0. The number of carbonyl (C=O) groups excluding carboxylic acids is 1. The maximum atomic E-state index is 11.6. The molecule has 86 valence electrons. The zero-order valence-electron chi connectivity index (χ0n) is 9.77. The molecule has 0 radical (unpaired) electrons. The lowest BCUT2D eigenvalue weighted by atomic mass is 9.68. The number of ketones is 1. The summed E-state index contributed by atoms with van der Waals surface area (Å²) < 4.78 is 0. The predicted octanol–water partition coefficient (Wildman–Crippen LogP) is 3.51. The van der Waals surface area contributed by atoms with Crippen molar-refractivity contribution in [2.24, 2.45) is 23.7 Å². The van der Waals surface area contributed by atoms with E-state index in [1.165, 1.54) is 19.3 Å². The molecule has 0 saturated heterocycles. The van der Waals surface area contributed by atoms with Crippen LogP contribution in [0.25, 0.3) is 0 Å². The lowest BCUT2D eigenvalue weighted by Crippen LogP contribution is -2.31. The van der Waals surface area contributed by atoms with Crippen LogP contribution in [0.15, 0.2) is 24.3 Å². The van der Waals surface area contributed by atoms with Gasteiger partial charge in [0.25, 0.3) is 0 Å². The molecular formula is C15H20O. The normalized spacial score (nSPS) is 42.4. The van der Waals surface area contributed by atoms with Crippen LogP contribution in [0, 0.1) is 23.7 Å². The van der Waals surface area contributed by atoms with Crippen molar-refractivity contribution in [1.82, 2.24) is 0 Å². The number of hydrogen-bond acceptors (Lipinski definition) is 1. The van der Waals surface area contributed by atoms with Gasteiger partial charge >= 0.3 is 0 Å². The average molecular weight is 216 g/mol. The molecule has 0 spiro atoms. The van der Waals surface area contributed by atoms with Crippen LogP contribution in [0.1, 0.15) is 38.5 Å². The Kier molecular flexibility index (Phi) is 2.70. The third-order valence-corrected chi connectivity index (χ3v) is 4.76. The van der Waals surface area contributed by atoms with E-state index in [-0.39, 0.29) is 0 Å². The highest BCUT2D eigenvalue weighted by atomic mass is 16.1. The number of rotatable bonds is 0. The molecule has 2 saturated carbocycles. The Morgan fingerprint density at radius 1 is 1.06 bits per heavy atom. The molecule has 4 atom stereocenters. The molecule has 0 amide bonds. The molecule has 3 aliphatic carbocycles. The third kappa shape index (κ3) is 1.77. The Bertz CT molecular complexity index is 339. The molecule has 0 aliphatic heterocycles. The molecular weight excluding hydrogens is 196 g/mol. The Labute approximate surface area is 97.6 Å². The van der Waals surface area contributed by atoms with Crippen LogP contribution in [0.3, 0.4) is 0 Å². The second-order valence-corrected chi connectivity index (χ2v) is 5.65. The van der Waals surface area contributed by atoms with E-state index in [2.05, 4.69) is 24.3 Å². The second-order valence-electron chi connectivity index (χ2n) is 5.65. The van der Waals surface area contributed by atoms with Crippen LogP contribution in [0.5, 0.6) is 0 Å². The first-order valence-corrected chi connectivity index (χ1v) is 6.71. The number of fused-ring (bicyclic) bond motifs is 3. The maximum Gasteiger partial charge on any atom is 0.133 e. The third-order valence-electron chi connectivity index (χ3n) is 4.76. The molecule has 0 aromatic rings. The van der Waals surface area contributed by atoms with Crippen molar-refractivity contribution in [2.45, 2.75) is 38.5 Å². The quantitative estimate of drug-likeness (QED) is 0.605. The first-order valence-electron chi connectivity index (χ1n) is 6.71.